The van der Waals surface area contributed by atoms with Gasteiger partial charge in [0, 0.05) is 24.6 Å². The molecule has 0 heterocycles. The molecule has 1 aromatic rings. The van der Waals surface area contributed by atoms with Crippen LogP contribution < -0.4 is 10.6 Å². The summed E-state index contributed by atoms with van der Waals surface area (Å²) in [5.41, 5.74) is 0.593. The highest BCUT2D eigenvalue weighted by Crippen LogP contribution is 2.23. The normalized spacial score (nSPS) is 20.5. The SMILES string of the molecule is O=C(CCCNC(=O)c1ccccc1)NC1CCCCCCC1C(=O)O. The van der Waals surface area contributed by atoms with Crippen molar-refractivity contribution in [3.63, 3.8) is 0 Å². The molecule has 0 aliphatic heterocycles. The van der Waals surface area contributed by atoms with Crippen LogP contribution in [0.5, 0.6) is 0 Å². The second-order valence-corrected chi connectivity index (χ2v) is 6.84. The molecule has 0 aromatic heterocycles. The van der Waals surface area contributed by atoms with E-state index in [0.717, 1.165) is 25.7 Å². The van der Waals surface area contributed by atoms with Gasteiger partial charge in [-0.25, -0.2) is 0 Å². The summed E-state index contributed by atoms with van der Waals surface area (Å²) in [4.78, 5) is 35.6. The Hall–Kier alpha value is -2.37. The molecule has 1 aliphatic rings. The number of aliphatic carboxylic acids is 1. The summed E-state index contributed by atoms with van der Waals surface area (Å²) in [5, 5.41) is 15.1. The largest absolute Gasteiger partial charge is 0.481 e. The lowest BCUT2D eigenvalue weighted by Crippen LogP contribution is -2.44. The highest BCUT2D eigenvalue weighted by atomic mass is 16.4. The molecular formula is C20H28N2O4. The van der Waals surface area contributed by atoms with Crippen molar-refractivity contribution < 1.29 is 19.5 Å². The van der Waals surface area contributed by atoms with Crippen LogP contribution in [-0.2, 0) is 9.59 Å². The monoisotopic (exact) mass is 360 g/mol. The van der Waals surface area contributed by atoms with Crippen molar-refractivity contribution >= 4 is 17.8 Å². The Balaban J connectivity index is 1.73. The molecule has 1 aromatic carbocycles. The molecule has 0 bridgehead atoms. The first-order valence-electron chi connectivity index (χ1n) is 9.43. The Kier molecular flexibility index (Phi) is 8.12. The molecule has 0 spiro atoms. The van der Waals surface area contributed by atoms with E-state index in [0.29, 0.717) is 31.4 Å². The van der Waals surface area contributed by atoms with Crippen molar-refractivity contribution in [1.82, 2.24) is 10.6 Å². The first-order valence-corrected chi connectivity index (χ1v) is 9.43. The van der Waals surface area contributed by atoms with E-state index in [4.69, 9.17) is 0 Å². The van der Waals surface area contributed by atoms with E-state index in [1.807, 2.05) is 6.07 Å². The smallest absolute Gasteiger partial charge is 0.308 e. The summed E-state index contributed by atoms with van der Waals surface area (Å²) in [6.07, 6.45) is 6.13. The lowest BCUT2D eigenvalue weighted by molar-refractivity contribution is -0.143. The predicted octanol–water partition coefficient (Wildman–Crippen LogP) is 2.74. The summed E-state index contributed by atoms with van der Waals surface area (Å²) >= 11 is 0. The van der Waals surface area contributed by atoms with Crippen LogP contribution in [0.3, 0.4) is 0 Å². The molecule has 2 rings (SSSR count). The van der Waals surface area contributed by atoms with Gasteiger partial charge in [-0.15, -0.1) is 0 Å². The summed E-state index contributed by atoms with van der Waals surface area (Å²) in [5.74, 6) is -1.63. The number of rotatable bonds is 7. The minimum absolute atomic E-state index is 0.143. The zero-order chi connectivity index (χ0) is 18.8. The van der Waals surface area contributed by atoms with Gasteiger partial charge in [-0.2, -0.15) is 0 Å². The highest BCUT2D eigenvalue weighted by molar-refractivity contribution is 5.94. The maximum atomic E-state index is 12.2. The van der Waals surface area contributed by atoms with Gasteiger partial charge in [0.15, 0.2) is 0 Å². The number of carbonyl (C=O) groups is 3. The van der Waals surface area contributed by atoms with Crippen LogP contribution in [0.2, 0.25) is 0 Å². The zero-order valence-electron chi connectivity index (χ0n) is 15.1. The molecule has 2 unspecified atom stereocenters. The number of amides is 2. The van der Waals surface area contributed by atoms with Gasteiger partial charge < -0.3 is 15.7 Å². The van der Waals surface area contributed by atoms with Crippen molar-refractivity contribution in [3.05, 3.63) is 35.9 Å². The third-order valence-electron chi connectivity index (χ3n) is 4.83. The van der Waals surface area contributed by atoms with Crippen molar-refractivity contribution in [3.8, 4) is 0 Å². The van der Waals surface area contributed by atoms with Crippen LogP contribution in [-0.4, -0.2) is 35.5 Å². The number of carbonyl (C=O) groups excluding carboxylic acids is 2. The average Bonchev–Trinajstić information content (AvgIpc) is 2.61. The number of benzene rings is 1. The van der Waals surface area contributed by atoms with Crippen LogP contribution in [0.1, 0.15) is 61.7 Å². The number of hydrogen-bond donors (Lipinski definition) is 3. The van der Waals surface area contributed by atoms with Crippen molar-refractivity contribution in [1.29, 1.82) is 0 Å². The number of hydrogen-bond acceptors (Lipinski definition) is 3. The molecule has 1 fully saturated rings. The van der Waals surface area contributed by atoms with Gasteiger partial charge in [0.05, 0.1) is 5.92 Å². The van der Waals surface area contributed by atoms with E-state index in [1.54, 1.807) is 24.3 Å². The molecule has 142 valence electrons. The van der Waals surface area contributed by atoms with Gasteiger partial charge in [0.2, 0.25) is 5.91 Å². The van der Waals surface area contributed by atoms with Crippen LogP contribution in [0.4, 0.5) is 0 Å². The molecule has 26 heavy (non-hydrogen) atoms. The van der Waals surface area contributed by atoms with Crippen LogP contribution in [0.25, 0.3) is 0 Å². The van der Waals surface area contributed by atoms with Crippen LogP contribution in [0.15, 0.2) is 30.3 Å². The molecule has 6 nitrogen and oxygen atoms in total. The molecule has 2 amide bonds. The zero-order valence-corrected chi connectivity index (χ0v) is 15.1. The van der Waals surface area contributed by atoms with Gasteiger partial charge in [0.1, 0.15) is 0 Å². The lowest BCUT2D eigenvalue weighted by atomic mass is 9.86. The van der Waals surface area contributed by atoms with E-state index in [-0.39, 0.29) is 24.3 Å². The second kappa shape index (κ2) is 10.6. The second-order valence-electron chi connectivity index (χ2n) is 6.84. The Bertz CT molecular complexity index is 603. The van der Waals surface area contributed by atoms with Crippen LogP contribution in [0, 0.1) is 5.92 Å². The average molecular weight is 360 g/mol. The fraction of sp³-hybridized carbons (Fsp3) is 0.550. The van der Waals surface area contributed by atoms with E-state index in [9.17, 15) is 19.5 Å². The summed E-state index contributed by atoms with van der Waals surface area (Å²) < 4.78 is 0. The third kappa shape index (κ3) is 6.50. The topological polar surface area (TPSA) is 95.5 Å². The fourth-order valence-corrected chi connectivity index (χ4v) is 3.37. The first-order chi connectivity index (χ1) is 12.6. The van der Waals surface area contributed by atoms with Crippen LogP contribution >= 0.6 is 0 Å². The molecule has 3 N–H and O–H groups in total. The molecule has 2 atom stereocenters. The quantitative estimate of drug-likeness (QED) is 0.652. The third-order valence-corrected chi connectivity index (χ3v) is 4.83. The number of carboxylic acids is 1. The van der Waals surface area contributed by atoms with Gasteiger partial charge in [0.25, 0.3) is 5.91 Å². The Morgan fingerprint density at radius 1 is 1.00 bits per heavy atom. The Labute approximate surface area is 154 Å². The van der Waals surface area contributed by atoms with Gasteiger partial charge >= 0.3 is 5.97 Å². The van der Waals surface area contributed by atoms with E-state index in [1.165, 1.54) is 0 Å². The maximum absolute atomic E-state index is 12.2. The van der Waals surface area contributed by atoms with E-state index >= 15 is 0 Å². The van der Waals surface area contributed by atoms with Crippen molar-refractivity contribution in [2.45, 2.75) is 57.4 Å². The summed E-state index contributed by atoms with van der Waals surface area (Å²) in [6, 6.07) is 8.64. The van der Waals surface area contributed by atoms with E-state index < -0.39 is 11.9 Å². The molecule has 0 saturated heterocycles. The van der Waals surface area contributed by atoms with Gasteiger partial charge in [-0.05, 0) is 31.4 Å². The number of nitrogens with one attached hydrogen (secondary N) is 2. The number of carboxylic acid groups (broad SMARTS) is 1. The van der Waals surface area contributed by atoms with Gasteiger partial charge in [-0.1, -0.05) is 43.9 Å². The summed E-state index contributed by atoms with van der Waals surface area (Å²) in [7, 11) is 0. The molecule has 1 aliphatic carbocycles. The molecular weight excluding hydrogens is 332 g/mol. The Morgan fingerprint density at radius 3 is 2.38 bits per heavy atom. The molecule has 6 heteroatoms. The minimum atomic E-state index is -0.827. The van der Waals surface area contributed by atoms with Crippen molar-refractivity contribution in [2.75, 3.05) is 6.54 Å². The van der Waals surface area contributed by atoms with Crippen molar-refractivity contribution in [2.24, 2.45) is 5.92 Å². The van der Waals surface area contributed by atoms with E-state index in [2.05, 4.69) is 10.6 Å². The maximum Gasteiger partial charge on any atom is 0.308 e. The Morgan fingerprint density at radius 2 is 1.69 bits per heavy atom. The standard InChI is InChI=1S/C20H28N2O4/c23-18(13-8-14-21-19(24)15-9-4-3-5-10-15)22-17-12-7-2-1-6-11-16(17)20(25)26/h3-5,9-10,16-17H,1-2,6-8,11-14H2,(H,21,24)(H,22,23)(H,25,26). The predicted molar refractivity (Wildman–Crippen MR) is 98.8 cm³/mol. The molecule has 0 radical (unpaired) electrons. The summed E-state index contributed by atoms with van der Waals surface area (Å²) in [6.45, 7) is 0.411. The fourth-order valence-electron chi connectivity index (χ4n) is 3.37. The highest BCUT2D eigenvalue weighted by Gasteiger charge is 2.29. The first kappa shape index (κ1) is 19.9. The lowest BCUT2D eigenvalue weighted by Gasteiger charge is -2.27. The molecule has 1 saturated carbocycles. The minimum Gasteiger partial charge on any atom is -0.481 e. The van der Waals surface area contributed by atoms with Gasteiger partial charge in [-0.3, -0.25) is 14.4 Å².